The number of carbonyl (C=O) groups excluding carboxylic acids is 1. The minimum Gasteiger partial charge on any atom is -0.496 e. The van der Waals surface area contributed by atoms with Crippen molar-refractivity contribution >= 4 is 15.9 Å². The molecule has 20 heavy (non-hydrogen) atoms. The molecule has 7 nitrogen and oxygen atoms in total. The molecule has 8 heteroatoms. The molecule has 1 amide bonds. The number of hydrogen-bond acceptors (Lipinski definition) is 5. The molecule has 1 aromatic carbocycles. The van der Waals surface area contributed by atoms with Gasteiger partial charge in [-0.05, 0) is 31.0 Å². The van der Waals surface area contributed by atoms with Gasteiger partial charge in [-0.25, -0.2) is 13.1 Å². The third-order valence-corrected chi connectivity index (χ3v) is 4.70. The molecule has 0 saturated heterocycles. The highest BCUT2D eigenvalue weighted by molar-refractivity contribution is 7.89. The van der Waals surface area contributed by atoms with Crippen LogP contribution < -0.4 is 15.2 Å². The van der Waals surface area contributed by atoms with Gasteiger partial charge in [0, 0.05) is 6.04 Å². The van der Waals surface area contributed by atoms with Crippen molar-refractivity contribution in [3.05, 3.63) is 23.8 Å². The summed E-state index contributed by atoms with van der Waals surface area (Å²) in [5.41, 5.74) is 5.20. The predicted octanol–water partition coefficient (Wildman–Crippen LogP) is -0.404. The lowest BCUT2D eigenvalue weighted by molar-refractivity contribution is 0.0712. The van der Waals surface area contributed by atoms with Crippen molar-refractivity contribution in [3.63, 3.8) is 0 Å². The monoisotopic (exact) mass is 300 g/mol. The van der Waals surface area contributed by atoms with Crippen LogP contribution in [-0.4, -0.2) is 38.7 Å². The number of nitrogens with two attached hydrogens (primary N) is 1. The summed E-state index contributed by atoms with van der Waals surface area (Å²) >= 11 is 0. The van der Waals surface area contributed by atoms with E-state index in [0.29, 0.717) is 12.8 Å². The Hall–Kier alpha value is -1.64. The first-order valence-electron chi connectivity index (χ1n) is 6.01. The Morgan fingerprint density at radius 2 is 2.10 bits per heavy atom. The summed E-state index contributed by atoms with van der Waals surface area (Å²) in [5, 5.41) is 9.16. The van der Waals surface area contributed by atoms with Crippen LogP contribution in [0.4, 0.5) is 0 Å². The van der Waals surface area contributed by atoms with E-state index in [-0.39, 0.29) is 22.3 Å². The van der Waals surface area contributed by atoms with Crippen molar-refractivity contribution in [2.24, 2.45) is 5.73 Å². The van der Waals surface area contributed by atoms with Crippen molar-refractivity contribution in [2.75, 3.05) is 7.11 Å². The summed E-state index contributed by atoms with van der Waals surface area (Å²) in [5.74, 6) is -0.548. The number of aliphatic hydroxyl groups is 1. The normalized spacial score (nSPS) is 22.1. The van der Waals surface area contributed by atoms with Gasteiger partial charge >= 0.3 is 0 Å². The van der Waals surface area contributed by atoms with E-state index in [4.69, 9.17) is 15.6 Å². The predicted molar refractivity (Wildman–Crippen MR) is 70.9 cm³/mol. The number of aliphatic hydroxyl groups excluding tert-OH is 1. The summed E-state index contributed by atoms with van der Waals surface area (Å²) in [6.07, 6.45) is 0.315. The Morgan fingerprint density at radius 1 is 1.45 bits per heavy atom. The van der Waals surface area contributed by atoms with Crippen LogP contribution in [0, 0.1) is 0 Å². The third kappa shape index (κ3) is 2.92. The van der Waals surface area contributed by atoms with Crippen LogP contribution in [0.2, 0.25) is 0 Å². The average Bonchev–Trinajstić information content (AvgIpc) is 2.35. The Balaban J connectivity index is 2.27. The minimum absolute atomic E-state index is 0.00372. The molecular weight excluding hydrogens is 284 g/mol. The van der Waals surface area contributed by atoms with Crippen molar-refractivity contribution in [1.29, 1.82) is 0 Å². The molecule has 2 rings (SSSR count). The highest BCUT2D eigenvalue weighted by atomic mass is 32.2. The second-order valence-electron chi connectivity index (χ2n) is 4.67. The first-order chi connectivity index (χ1) is 9.33. The molecule has 0 spiro atoms. The van der Waals surface area contributed by atoms with E-state index in [1.165, 1.54) is 25.3 Å². The highest BCUT2D eigenvalue weighted by Crippen LogP contribution is 2.25. The molecule has 0 unspecified atom stereocenters. The molecule has 1 fully saturated rings. The molecule has 0 atom stereocenters. The number of amides is 1. The second kappa shape index (κ2) is 5.39. The minimum atomic E-state index is -3.75. The zero-order chi connectivity index (χ0) is 14.9. The lowest BCUT2D eigenvalue weighted by Gasteiger charge is -2.31. The maximum Gasteiger partial charge on any atom is 0.252 e. The number of methoxy groups -OCH3 is 1. The maximum absolute atomic E-state index is 12.1. The van der Waals surface area contributed by atoms with Crippen LogP contribution in [-0.2, 0) is 10.0 Å². The molecule has 4 N–H and O–H groups in total. The molecule has 110 valence electrons. The van der Waals surface area contributed by atoms with E-state index in [1.54, 1.807) is 0 Å². The molecule has 1 aromatic rings. The number of rotatable bonds is 5. The van der Waals surface area contributed by atoms with E-state index in [9.17, 15) is 13.2 Å². The van der Waals surface area contributed by atoms with Gasteiger partial charge < -0.3 is 15.6 Å². The standard InChI is InChI=1S/C12H16N2O5S/c1-19-11-3-2-9(6-10(11)12(13)16)20(17,18)14-7-4-8(15)5-7/h2-3,6-8,14-15H,4-5H2,1H3,(H2,13,16). The maximum atomic E-state index is 12.1. The second-order valence-corrected chi connectivity index (χ2v) is 6.38. The number of sulfonamides is 1. The molecule has 0 radical (unpaired) electrons. The Kier molecular flexibility index (Phi) is 3.98. The van der Waals surface area contributed by atoms with Gasteiger partial charge in [-0.15, -0.1) is 0 Å². The van der Waals surface area contributed by atoms with Crippen LogP contribution in [0.1, 0.15) is 23.2 Å². The Morgan fingerprint density at radius 3 is 2.60 bits per heavy atom. The summed E-state index contributed by atoms with van der Waals surface area (Å²) in [6, 6.07) is 3.61. The number of primary amides is 1. The number of ether oxygens (including phenoxy) is 1. The Labute approximate surface area is 116 Å². The molecule has 1 saturated carbocycles. The van der Waals surface area contributed by atoms with Gasteiger partial charge in [0.05, 0.1) is 23.7 Å². The highest BCUT2D eigenvalue weighted by Gasteiger charge is 2.31. The fourth-order valence-electron chi connectivity index (χ4n) is 2.02. The van der Waals surface area contributed by atoms with E-state index in [0.717, 1.165) is 0 Å². The van der Waals surface area contributed by atoms with Gasteiger partial charge in [-0.2, -0.15) is 0 Å². The number of benzene rings is 1. The molecule has 1 aliphatic carbocycles. The molecule has 0 heterocycles. The van der Waals surface area contributed by atoms with Gasteiger partial charge in [0.2, 0.25) is 10.0 Å². The first-order valence-corrected chi connectivity index (χ1v) is 7.50. The van der Waals surface area contributed by atoms with E-state index in [2.05, 4.69) is 4.72 Å². The lowest BCUT2D eigenvalue weighted by Crippen LogP contribution is -2.46. The molecule has 0 aromatic heterocycles. The van der Waals surface area contributed by atoms with Crippen molar-refractivity contribution in [3.8, 4) is 5.75 Å². The van der Waals surface area contributed by atoms with E-state index in [1.807, 2.05) is 0 Å². The lowest BCUT2D eigenvalue weighted by atomic mass is 9.91. The smallest absolute Gasteiger partial charge is 0.252 e. The summed E-state index contributed by atoms with van der Waals surface area (Å²) in [6.45, 7) is 0. The summed E-state index contributed by atoms with van der Waals surface area (Å²) in [4.78, 5) is 11.2. The number of carbonyl (C=O) groups is 1. The van der Waals surface area contributed by atoms with Gasteiger partial charge in [-0.3, -0.25) is 4.79 Å². The zero-order valence-corrected chi connectivity index (χ0v) is 11.7. The molecule has 0 bridgehead atoms. The van der Waals surface area contributed by atoms with Crippen LogP contribution in [0.15, 0.2) is 23.1 Å². The zero-order valence-electron chi connectivity index (χ0n) is 10.9. The van der Waals surface area contributed by atoms with Gasteiger partial charge in [-0.1, -0.05) is 0 Å². The third-order valence-electron chi connectivity index (χ3n) is 3.18. The summed E-state index contributed by atoms with van der Waals surface area (Å²) in [7, 11) is -2.38. The molecule has 0 aliphatic heterocycles. The SMILES string of the molecule is COc1ccc(S(=O)(=O)NC2CC(O)C2)cc1C(N)=O. The van der Waals surface area contributed by atoms with Gasteiger partial charge in [0.25, 0.3) is 5.91 Å². The van der Waals surface area contributed by atoms with Crippen molar-refractivity contribution in [2.45, 2.75) is 29.9 Å². The average molecular weight is 300 g/mol. The van der Waals surface area contributed by atoms with Crippen LogP contribution in [0.5, 0.6) is 5.75 Å². The van der Waals surface area contributed by atoms with Crippen LogP contribution in [0.3, 0.4) is 0 Å². The quantitative estimate of drug-likeness (QED) is 0.683. The fourth-order valence-corrected chi connectivity index (χ4v) is 3.31. The number of hydrogen-bond donors (Lipinski definition) is 3. The van der Waals surface area contributed by atoms with Crippen molar-refractivity contribution in [1.82, 2.24) is 4.72 Å². The van der Waals surface area contributed by atoms with Gasteiger partial charge in [0.1, 0.15) is 5.75 Å². The first kappa shape index (κ1) is 14.8. The molecule has 1 aliphatic rings. The van der Waals surface area contributed by atoms with Crippen molar-refractivity contribution < 1.29 is 23.1 Å². The van der Waals surface area contributed by atoms with E-state index >= 15 is 0 Å². The van der Waals surface area contributed by atoms with E-state index < -0.39 is 22.0 Å². The number of nitrogens with one attached hydrogen (secondary N) is 1. The topological polar surface area (TPSA) is 119 Å². The van der Waals surface area contributed by atoms with Gasteiger partial charge in [0.15, 0.2) is 0 Å². The fraction of sp³-hybridized carbons (Fsp3) is 0.417. The summed E-state index contributed by atoms with van der Waals surface area (Å²) < 4.78 is 31.7. The Bertz CT molecular complexity index is 623. The molecular formula is C12H16N2O5S. The largest absolute Gasteiger partial charge is 0.496 e. The van der Waals surface area contributed by atoms with Crippen LogP contribution >= 0.6 is 0 Å². The van der Waals surface area contributed by atoms with Crippen LogP contribution in [0.25, 0.3) is 0 Å².